The lowest BCUT2D eigenvalue weighted by Gasteiger charge is -2.08. The molecule has 7 heteroatoms. The number of benzene rings is 3. The van der Waals surface area contributed by atoms with E-state index in [1.165, 1.54) is 6.21 Å². The average Bonchev–Trinajstić information content (AvgIpc) is 2.70. The number of halogens is 1. The van der Waals surface area contributed by atoms with Gasteiger partial charge in [-0.05, 0) is 47.5 Å². The number of anilines is 1. The Bertz CT molecular complexity index is 1100. The molecule has 0 atom stereocenters. The number of nitrogens with one attached hydrogen (secondary N) is 2. The van der Waals surface area contributed by atoms with Gasteiger partial charge < -0.3 is 10.4 Å². The Morgan fingerprint density at radius 1 is 1.07 bits per heavy atom. The molecular weight excluding hydrogens is 390 g/mol. The molecule has 0 fully saturated rings. The SMILES string of the molecule is Cc1cc(Cl)ccc1NC(=O)CCC(=O)N/N=C/c1c(O)ccc2ccccc12. The first-order valence-corrected chi connectivity index (χ1v) is 9.40. The van der Waals surface area contributed by atoms with Crippen molar-refractivity contribution in [1.29, 1.82) is 0 Å². The molecule has 0 aromatic heterocycles. The van der Waals surface area contributed by atoms with E-state index in [-0.39, 0.29) is 24.5 Å². The molecule has 0 saturated heterocycles. The number of hydrazone groups is 1. The first kappa shape index (κ1) is 20.4. The Morgan fingerprint density at radius 2 is 1.83 bits per heavy atom. The predicted octanol–water partition coefficient (Wildman–Crippen LogP) is 4.38. The predicted molar refractivity (Wildman–Crippen MR) is 115 cm³/mol. The number of phenolic OH excluding ortho intramolecular Hbond substituents is 1. The second-order valence-corrected chi connectivity index (χ2v) is 6.96. The normalized spacial score (nSPS) is 11.0. The smallest absolute Gasteiger partial charge is 0.240 e. The van der Waals surface area contributed by atoms with Gasteiger partial charge in [-0.1, -0.05) is 41.9 Å². The molecule has 0 saturated carbocycles. The molecule has 3 aromatic rings. The second kappa shape index (κ2) is 9.21. The molecular formula is C22H20ClN3O3. The Kier molecular flexibility index (Phi) is 6.46. The Hall–Kier alpha value is -3.38. The molecule has 0 aliphatic carbocycles. The minimum Gasteiger partial charge on any atom is -0.507 e. The second-order valence-electron chi connectivity index (χ2n) is 6.52. The molecule has 0 aliphatic heterocycles. The highest BCUT2D eigenvalue weighted by atomic mass is 35.5. The highest BCUT2D eigenvalue weighted by molar-refractivity contribution is 6.30. The molecule has 3 rings (SSSR count). The zero-order valence-corrected chi connectivity index (χ0v) is 16.5. The lowest BCUT2D eigenvalue weighted by Crippen LogP contribution is -2.20. The van der Waals surface area contributed by atoms with E-state index in [2.05, 4.69) is 15.8 Å². The van der Waals surface area contributed by atoms with Crippen LogP contribution in [-0.4, -0.2) is 23.1 Å². The van der Waals surface area contributed by atoms with E-state index in [1.807, 2.05) is 37.3 Å². The largest absolute Gasteiger partial charge is 0.507 e. The molecule has 0 radical (unpaired) electrons. The maximum atomic E-state index is 12.0. The number of nitrogens with zero attached hydrogens (tertiary/aromatic N) is 1. The summed E-state index contributed by atoms with van der Waals surface area (Å²) in [5.74, 6) is -0.607. The van der Waals surface area contributed by atoms with Gasteiger partial charge >= 0.3 is 0 Å². The van der Waals surface area contributed by atoms with Crippen LogP contribution in [0, 0.1) is 6.92 Å². The van der Waals surface area contributed by atoms with Crippen LogP contribution in [0.15, 0.2) is 59.7 Å². The third kappa shape index (κ3) is 5.33. The van der Waals surface area contributed by atoms with Crippen molar-refractivity contribution in [1.82, 2.24) is 5.43 Å². The molecule has 0 bridgehead atoms. The number of aryl methyl sites for hydroxylation is 1. The Morgan fingerprint density at radius 3 is 2.62 bits per heavy atom. The zero-order chi connectivity index (χ0) is 20.8. The van der Waals surface area contributed by atoms with Crippen molar-refractivity contribution in [3.05, 3.63) is 70.7 Å². The highest BCUT2D eigenvalue weighted by Crippen LogP contribution is 2.25. The monoisotopic (exact) mass is 409 g/mol. The maximum absolute atomic E-state index is 12.0. The van der Waals surface area contributed by atoms with Gasteiger partial charge in [0.05, 0.1) is 6.21 Å². The van der Waals surface area contributed by atoms with Gasteiger partial charge in [0.25, 0.3) is 0 Å². The zero-order valence-electron chi connectivity index (χ0n) is 15.8. The first-order chi connectivity index (χ1) is 13.9. The van der Waals surface area contributed by atoms with Crippen molar-refractivity contribution in [2.45, 2.75) is 19.8 Å². The Labute approximate surface area is 173 Å². The van der Waals surface area contributed by atoms with Crippen molar-refractivity contribution in [2.75, 3.05) is 5.32 Å². The molecule has 0 heterocycles. The highest BCUT2D eigenvalue weighted by Gasteiger charge is 2.09. The van der Waals surface area contributed by atoms with Crippen molar-refractivity contribution >= 4 is 46.1 Å². The molecule has 3 N–H and O–H groups in total. The molecule has 0 spiro atoms. The number of aromatic hydroxyl groups is 1. The number of hydrogen-bond acceptors (Lipinski definition) is 4. The van der Waals surface area contributed by atoms with Crippen molar-refractivity contribution in [3.8, 4) is 5.75 Å². The fourth-order valence-electron chi connectivity index (χ4n) is 2.85. The number of carbonyl (C=O) groups is 2. The first-order valence-electron chi connectivity index (χ1n) is 9.02. The van der Waals surface area contributed by atoms with Crippen LogP contribution in [0.5, 0.6) is 5.75 Å². The third-order valence-corrected chi connectivity index (χ3v) is 4.61. The minimum absolute atomic E-state index is 0.0165. The summed E-state index contributed by atoms with van der Waals surface area (Å²) in [5.41, 5.74) is 4.40. The van der Waals surface area contributed by atoms with E-state index in [4.69, 9.17) is 11.6 Å². The summed E-state index contributed by atoms with van der Waals surface area (Å²) in [6.07, 6.45) is 1.40. The summed E-state index contributed by atoms with van der Waals surface area (Å²) in [6, 6.07) is 16.1. The van der Waals surface area contributed by atoms with Crippen LogP contribution >= 0.6 is 11.6 Å². The molecule has 0 unspecified atom stereocenters. The summed E-state index contributed by atoms with van der Waals surface area (Å²) < 4.78 is 0. The number of fused-ring (bicyclic) bond motifs is 1. The Balaban J connectivity index is 1.54. The van der Waals surface area contributed by atoms with Gasteiger partial charge in [-0.15, -0.1) is 0 Å². The van der Waals surface area contributed by atoms with Crippen molar-refractivity contribution in [3.63, 3.8) is 0 Å². The van der Waals surface area contributed by atoms with Crippen LogP contribution in [0.2, 0.25) is 5.02 Å². The lowest BCUT2D eigenvalue weighted by molar-refractivity contribution is -0.124. The van der Waals surface area contributed by atoms with Gasteiger partial charge in [-0.3, -0.25) is 9.59 Å². The van der Waals surface area contributed by atoms with Crippen molar-refractivity contribution < 1.29 is 14.7 Å². The van der Waals surface area contributed by atoms with Gasteiger partial charge in [0.2, 0.25) is 11.8 Å². The van der Waals surface area contributed by atoms with E-state index < -0.39 is 5.91 Å². The third-order valence-electron chi connectivity index (χ3n) is 4.37. The molecule has 2 amide bonds. The number of phenols is 1. The fourth-order valence-corrected chi connectivity index (χ4v) is 3.08. The van der Waals surface area contributed by atoms with Crippen LogP contribution in [0.1, 0.15) is 24.0 Å². The summed E-state index contributed by atoms with van der Waals surface area (Å²) in [7, 11) is 0. The van der Waals surface area contributed by atoms with Crippen molar-refractivity contribution in [2.24, 2.45) is 5.10 Å². The fraction of sp³-hybridized carbons (Fsp3) is 0.136. The van der Waals surface area contributed by atoms with E-state index in [0.29, 0.717) is 16.3 Å². The minimum atomic E-state index is -0.399. The number of amides is 2. The summed E-state index contributed by atoms with van der Waals surface area (Å²) in [5, 5.41) is 19.1. The van der Waals surface area contributed by atoms with Crippen LogP contribution in [0.25, 0.3) is 10.8 Å². The van der Waals surface area contributed by atoms with E-state index >= 15 is 0 Å². The standard InChI is InChI=1S/C22H20ClN3O3/c1-14-12-16(23)7-8-19(14)25-21(28)10-11-22(29)26-24-13-18-17-5-3-2-4-15(17)6-9-20(18)27/h2-9,12-13,27H,10-11H2,1H3,(H,25,28)(H,26,29)/b24-13+. The van der Waals surface area contributed by atoms with Gasteiger partial charge in [0, 0.05) is 29.1 Å². The maximum Gasteiger partial charge on any atom is 0.240 e. The summed E-state index contributed by atoms with van der Waals surface area (Å²) >= 11 is 5.90. The van der Waals surface area contributed by atoms with Gasteiger partial charge in [0.1, 0.15) is 5.75 Å². The van der Waals surface area contributed by atoms with Crippen LogP contribution in [-0.2, 0) is 9.59 Å². The molecule has 148 valence electrons. The van der Waals surface area contributed by atoms with E-state index in [1.54, 1.807) is 24.3 Å². The molecule has 3 aromatic carbocycles. The number of carbonyl (C=O) groups excluding carboxylic acids is 2. The lowest BCUT2D eigenvalue weighted by atomic mass is 10.0. The topological polar surface area (TPSA) is 90.8 Å². The quantitative estimate of drug-likeness (QED) is 0.417. The van der Waals surface area contributed by atoms with Crippen LogP contribution in [0.3, 0.4) is 0 Å². The van der Waals surface area contributed by atoms with Crippen LogP contribution < -0.4 is 10.7 Å². The summed E-state index contributed by atoms with van der Waals surface area (Å²) in [4.78, 5) is 24.0. The summed E-state index contributed by atoms with van der Waals surface area (Å²) in [6.45, 7) is 1.84. The molecule has 0 aliphatic rings. The van der Waals surface area contributed by atoms with Gasteiger partial charge in [-0.25, -0.2) is 5.43 Å². The van der Waals surface area contributed by atoms with Gasteiger partial charge in [0.15, 0.2) is 0 Å². The molecule has 29 heavy (non-hydrogen) atoms. The van der Waals surface area contributed by atoms with Crippen LogP contribution in [0.4, 0.5) is 5.69 Å². The van der Waals surface area contributed by atoms with E-state index in [0.717, 1.165) is 16.3 Å². The molecule has 6 nitrogen and oxygen atoms in total. The number of rotatable bonds is 6. The van der Waals surface area contributed by atoms with Gasteiger partial charge in [-0.2, -0.15) is 5.10 Å². The average molecular weight is 410 g/mol. The van der Waals surface area contributed by atoms with E-state index in [9.17, 15) is 14.7 Å². The number of hydrogen-bond donors (Lipinski definition) is 3.